The Kier molecular flexibility index (Phi) is 9.70. The summed E-state index contributed by atoms with van der Waals surface area (Å²) in [7, 11) is 0. The Labute approximate surface area is 187 Å². The van der Waals surface area contributed by atoms with E-state index in [1.807, 2.05) is 31.3 Å². The number of imidazole rings is 1. The fourth-order valence-electron chi connectivity index (χ4n) is 3.37. The van der Waals surface area contributed by atoms with Crippen LogP contribution in [0.5, 0.6) is 5.75 Å². The molecule has 0 saturated carbocycles. The van der Waals surface area contributed by atoms with Crippen molar-refractivity contribution in [2.75, 3.05) is 0 Å². The first-order valence-electron chi connectivity index (χ1n) is 11.5. The highest BCUT2D eigenvalue weighted by Crippen LogP contribution is 2.21. The van der Waals surface area contributed by atoms with Gasteiger partial charge in [0.2, 0.25) is 0 Å². The average Bonchev–Trinajstić information content (AvgIpc) is 3.22. The van der Waals surface area contributed by atoms with E-state index in [0.717, 1.165) is 67.3 Å². The minimum absolute atomic E-state index is 0.226. The molecule has 1 N–H and O–H groups in total. The van der Waals surface area contributed by atoms with Gasteiger partial charge >= 0.3 is 0 Å². The minimum atomic E-state index is 0.226. The summed E-state index contributed by atoms with van der Waals surface area (Å²) in [6, 6.07) is 7.33. The fraction of sp³-hybridized carbons (Fsp3) is 0.500. The molecule has 0 fully saturated rings. The smallest absolute Gasteiger partial charge is 0.131 e. The van der Waals surface area contributed by atoms with Crippen LogP contribution in [0.4, 0.5) is 0 Å². The van der Waals surface area contributed by atoms with E-state index in [9.17, 15) is 5.11 Å². The van der Waals surface area contributed by atoms with Gasteiger partial charge in [-0.1, -0.05) is 45.4 Å². The molecule has 1 heterocycles. The van der Waals surface area contributed by atoms with Crippen LogP contribution < -0.4 is 0 Å². The van der Waals surface area contributed by atoms with E-state index in [4.69, 9.17) is 9.98 Å². The van der Waals surface area contributed by atoms with E-state index in [-0.39, 0.29) is 11.7 Å². The van der Waals surface area contributed by atoms with Gasteiger partial charge < -0.3 is 9.67 Å². The van der Waals surface area contributed by atoms with E-state index in [1.54, 1.807) is 6.07 Å². The molecule has 168 valence electrons. The van der Waals surface area contributed by atoms with Gasteiger partial charge in [-0.2, -0.15) is 0 Å². The summed E-state index contributed by atoms with van der Waals surface area (Å²) in [5, 5.41) is 10.2. The SMILES string of the molecule is CCCc1nccn1CC/C(N=C(N=C(C)c1ccccc1O)C(C)CC)=C(\C)CC. The Hall–Kier alpha value is -2.69. The van der Waals surface area contributed by atoms with Crippen LogP contribution in [0.25, 0.3) is 0 Å². The number of aryl methyl sites for hydroxylation is 2. The van der Waals surface area contributed by atoms with Crippen molar-refractivity contribution in [1.82, 2.24) is 9.55 Å². The maximum Gasteiger partial charge on any atom is 0.131 e. The van der Waals surface area contributed by atoms with Crippen LogP contribution in [-0.2, 0) is 13.0 Å². The van der Waals surface area contributed by atoms with Crippen molar-refractivity contribution in [2.24, 2.45) is 15.9 Å². The maximum absolute atomic E-state index is 10.2. The van der Waals surface area contributed by atoms with Crippen molar-refractivity contribution in [3.63, 3.8) is 0 Å². The molecule has 5 heteroatoms. The molecule has 1 aromatic carbocycles. The third kappa shape index (κ3) is 6.91. The Bertz CT molecular complexity index is 936. The second-order valence-corrected chi connectivity index (χ2v) is 8.11. The highest BCUT2D eigenvalue weighted by molar-refractivity contribution is 6.08. The van der Waals surface area contributed by atoms with Crippen LogP contribution in [0.15, 0.2) is 57.9 Å². The molecule has 0 saturated heterocycles. The van der Waals surface area contributed by atoms with E-state index < -0.39 is 0 Å². The molecule has 31 heavy (non-hydrogen) atoms. The van der Waals surface area contributed by atoms with Gasteiger partial charge in [0, 0.05) is 49.0 Å². The third-order valence-corrected chi connectivity index (χ3v) is 5.77. The zero-order valence-electron chi connectivity index (χ0n) is 20.0. The van der Waals surface area contributed by atoms with Crippen molar-refractivity contribution in [3.8, 4) is 5.75 Å². The Balaban J connectivity index is 2.37. The number of amidine groups is 1. The topological polar surface area (TPSA) is 62.8 Å². The lowest BCUT2D eigenvalue weighted by Gasteiger charge is -2.15. The van der Waals surface area contributed by atoms with Crippen molar-refractivity contribution in [1.29, 1.82) is 0 Å². The van der Waals surface area contributed by atoms with Gasteiger partial charge in [-0.15, -0.1) is 0 Å². The van der Waals surface area contributed by atoms with Gasteiger partial charge in [0.1, 0.15) is 17.4 Å². The number of para-hydroxylation sites is 1. The molecule has 2 rings (SSSR count). The summed E-state index contributed by atoms with van der Waals surface area (Å²) in [5.74, 6) is 2.43. The van der Waals surface area contributed by atoms with Gasteiger partial charge in [-0.25, -0.2) is 15.0 Å². The van der Waals surface area contributed by atoms with Crippen LogP contribution in [0, 0.1) is 5.92 Å². The number of aromatic hydroxyl groups is 1. The second kappa shape index (κ2) is 12.2. The van der Waals surface area contributed by atoms with E-state index in [0.29, 0.717) is 0 Å². The van der Waals surface area contributed by atoms with E-state index in [2.05, 4.69) is 50.4 Å². The molecule has 1 aromatic heterocycles. The highest BCUT2D eigenvalue weighted by Gasteiger charge is 2.13. The summed E-state index contributed by atoms with van der Waals surface area (Å²) in [6.07, 6.45) is 8.78. The van der Waals surface area contributed by atoms with Crippen LogP contribution in [-0.4, -0.2) is 26.2 Å². The number of aromatic nitrogens is 2. The minimum Gasteiger partial charge on any atom is -0.507 e. The Morgan fingerprint density at radius 1 is 1.13 bits per heavy atom. The summed E-state index contributed by atoms with van der Waals surface area (Å²) in [6.45, 7) is 13.6. The quantitative estimate of drug-likeness (QED) is 0.348. The standard InChI is InChI=1S/C26H38N4O/c1-7-12-25-27-16-18-30(25)17-15-23(19(4)8-2)29-26(20(5)9-3)28-21(6)22-13-10-11-14-24(22)31/h10-11,13-14,16,18,20,31H,7-9,12,15,17H2,1-6H3/b23-19-,28-21?,29-26?. The Morgan fingerprint density at radius 3 is 2.52 bits per heavy atom. The van der Waals surface area contributed by atoms with Gasteiger partial charge in [0.25, 0.3) is 0 Å². The van der Waals surface area contributed by atoms with Crippen molar-refractivity contribution in [2.45, 2.75) is 80.2 Å². The molecule has 2 aromatic rings. The lowest BCUT2D eigenvalue weighted by molar-refractivity contribution is 0.474. The second-order valence-electron chi connectivity index (χ2n) is 8.11. The number of hydrogen-bond donors (Lipinski definition) is 1. The number of phenols is 1. The van der Waals surface area contributed by atoms with Crippen LogP contribution in [0.3, 0.4) is 0 Å². The third-order valence-electron chi connectivity index (χ3n) is 5.77. The van der Waals surface area contributed by atoms with Gasteiger partial charge in [-0.3, -0.25) is 0 Å². The molecule has 0 radical (unpaired) electrons. The molecular formula is C26H38N4O. The van der Waals surface area contributed by atoms with Gasteiger partial charge in [0.05, 0.1) is 5.71 Å². The van der Waals surface area contributed by atoms with Crippen molar-refractivity contribution in [3.05, 3.63) is 59.3 Å². The van der Waals surface area contributed by atoms with Gasteiger partial charge in [-0.05, 0) is 45.2 Å². The molecule has 0 spiro atoms. The molecule has 0 aliphatic carbocycles. The number of hydrogen-bond acceptors (Lipinski definition) is 3. The first-order valence-corrected chi connectivity index (χ1v) is 11.5. The lowest BCUT2D eigenvalue weighted by Crippen LogP contribution is -2.12. The molecule has 0 bridgehead atoms. The molecule has 5 nitrogen and oxygen atoms in total. The summed E-state index contributed by atoms with van der Waals surface area (Å²) < 4.78 is 2.24. The molecule has 0 aliphatic rings. The largest absolute Gasteiger partial charge is 0.507 e. The first-order chi connectivity index (χ1) is 14.9. The predicted molar refractivity (Wildman–Crippen MR) is 131 cm³/mol. The van der Waals surface area contributed by atoms with Crippen molar-refractivity contribution >= 4 is 11.5 Å². The summed E-state index contributed by atoms with van der Waals surface area (Å²) >= 11 is 0. The van der Waals surface area contributed by atoms with Crippen LogP contribution in [0.1, 0.15) is 78.6 Å². The van der Waals surface area contributed by atoms with Gasteiger partial charge in [0.15, 0.2) is 0 Å². The molecule has 0 amide bonds. The van der Waals surface area contributed by atoms with Crippen molar-refractivity contribution < 1.29 is 5.11 Å². The lowest BCUT2D eigenvalue weighted by atomic mass is 10.1. The molecule has 1 atom stereocenters. The Morgan fingerprint density at radius 2 is 1.87 bits per heavy atom. The predicted octanol–water partition coefficient (Wildman–Crippen LogP) is 6.57. The zero-order valence-corrected chi connectivity index (χ0v) is 20.0. The van der Waals surface area contributed by atoms with E-state index in [1.165, 1.54) is 5.57 Å². The summed E-state index contributed by atoms with van der Waals surface area (Å²) in [5.41, 5.74) is 3.92. The number of nitrogens with zero attached hydrogens (tertiary/aromatic N) is 4. The fourth-order valence-corrected chi connectivity index (χ4v) is 3.37. The maximum atomic E-state index is 10.2. The molecular weight excluding hydrogens is 384 g/mol. The zero-order chi connectivity index (χ0) is 22.8. The van der Waals surface area contributed by atoms with Crippen LogP contribution in [0.2, 0.25) is 0 Å². The summed E-state index contributed by atoms with van der Waals surface area (Å²) in [4.78, 5) is 14.5. The van der Waals surface area contributed by atoms with E-state index >= 15 is 0 Å². The van der Waals surface area contributed by atoms with Crippen LogP contribution >= 0.6 is 0 Å². The number of aliphatic imine (C=N–C) groups is 2. The number of phenolic OH excluding ortho intramolecular Hbond substituents is 1. The molecule has 1 unspecified atom stereocenters. The highest BCUT2D eigenvalue weighted by atomic mass is 16.3. The molecule has 0 aliphatic heterocycles. The number of allylic oxidation sites excluding steroid dienone is 2. The number of rotatable bonds is 10. The first kappa shape index (κ1) is 24.6. The average molecular weight is 423 g/mol. The number of benzene rings is 1. The monoisotopic (exact) mass is 422 g/mol. The normalized spacial score (nSPS) is 14.5.